The van der Waals surface area contributed by atoms with Gasteiger partial charge in [0.25, 0.3) is 0 Å². The van der Waals surface area contributed by atoms with E-state index in [2.05, 4.69) is 13.8 Å². The van der Waals surface area contributed by atoms with Gasteiger partial charge >= 0.3 is 46.1 Å². The van der Waals surface area contributed by atoms with Crippen LogP contribution in [-0.4, -0.2) is 96.4 Å². The Morgan fingerprint density at radius 1 is 0.323 bits per heavy atom. The van der Waals surface area contributed by atoms with Gasteiger partial charge in [-0.25, -0.2) is 0 Å². The Kier molecular flexibility index (Phi) is 60.8. The quantitative estimate of drug-likeness (QED) is 0.0329. The first-order valence-corrected chi connectivity index (χ1v) is 24.6. The molecule has 0 unspecified atom stereocenters. The van der Waals surface area contributed by atoms with Crippen molar-refractivity contribution in [3.8, 4) is 0 Å². The number of unbranched alkanes of at least 4 members (excludes halogenated alkanes) is 30. The van der Waals surface area contributed by atoms with Gasteiger partial charge in [-0.15, -0.1) is 0 Å². The molecule has 0 rings (SSSR count). The van der Waals surface area contributed by atoms with E-state index in [1.54, 1.807) is 0 Å². The van der Waals surface area contributed by atoms with E-state index in [1.165, 1.54) is 167 Å². The molecular weight excluding hydrogens is 809 g/mol. The predicted octanol–water partition coefficient (Wildman–Crippen LogP) is 8.18. The summed E-state index contributed by atoms with van der Waals surface area (Å²) in [4.78, 5) is 42.5. The minimum atomic E-state index is -1.47. The average molecular weight is 898 g/mol. The fourth-order valence-electron chi connectivity index (χ4n) is 7.08. The third kappa shape index (κ3) is 56.8. The topological polar surface area (TPSA) is 179 Å². The zero-order valence-electron chi connectivity index (χ0n) is 39.9. The fraction of sp³-hybridized carbons (Fsp3) is 0.840. The Hall–Kier alpha value is -1.19. The Morgan fingerprint density at radius 2 is 0.516 bits per heavy atom. The summed E-state index contributed by atoms with van der Waals surface area (Å²) in [6, 6.07) is 0. The smallest absolute Gasteiger partial charge is 0.545 e. The van der Waals surface area contributed by atoms with Crippen molar-refractivity contribution in [2.75, 3.05) is 26.4 Å². The molecule has 0 aliphatic rings. The standard InChI is InChI=1S/2C25H46O5.2Mg/c2*1-2-3-20-30-21-18-16-14-12-10-8-6-4-5-7-9-11-13-15-17-19-23(25(28)29)22-24(26)27;;/h2*22H,2-21H2,1H3,(H,26,27)(H,28,29);;/q;;2*+2/p-4/b2*23-22-;;. The van der Waals surface area contributed by atoms with Crippen molar-refractivity contribution in [1.29, 1.82) is 0 Å². The number of carbonyl (C=O) groups is 4. The van der Waals surface area contributed by atoms with Crippen molar-refractivity contribution in [3.05, 3.63) is 23.3 Å². The summed E-state index contributed by atoms with van der Waals surface area (Å²) in [5, 5.41) is 42.5. The first-order chi connectivity index (χ1) is 29.1. The molecule has 0 amide bonds. The number of aliphatic carboxylic acids is 4. The monoisotopic (exact) mass is 897 g/mol. The first-order valence-electron chi connectivity index (χ1n) is 24.6. The molecule has 0 bridgehead atoms. The van der Waals surface area contributed by atoms with Gasteiger partial charge in [-0.05, 0) is 74.7 Å². The van der Waals surface area contributed by atoms with Crippen LogP contribution in [0.5, 0.6) is 0 Å². The van der Waals surface area contributed by atoms with Gasteiger partial charge in [0.15, 0.2) is 0 Å². The molecule has 0 saturated carbocycles. The second-order valence-electron chi connectivity index (χ2n) is 16.6. The van der Waals surface area contributed by atoms with Crippen LogP contribution in [0.1, 0.15) is 245 Å². The summed E-state index contributed by atoms with van der Waals surface area (Å²) < 4.78 is 11.2. The maximum absolute atomic E-state index is 10.8. The summed E-state index contributed by atoms with van der Waals surface area (Å²) in [5.41, 5.74) is -0.349. The first kappa shape index (κ1) is 67.4. The zero-order valence-corrected chi connectivity index (χ0v) is 42.8. The van der Waals surface area contributed by atoms with Crippen molar-refractivity contribution in [3.63, 3.8) is 0 Å². The van der Waals surface area contributed by atoms with Gasteiger partial charge in [0.1, 0.15) is 0 Å². The Balaban J connectivity index is -0.000000526. The van der Waals surface area contributed by atoms with Crippen molar-refractivity contribution in [2.45, 2.75) is 245 Å². The molecule has 12 heteroatoms. The second-order valence-corrected chi connectivity index (χ2v) is 16.6. The number of hydrogen-bond donors (Lipinski definition) is 0. The van der Waals surface area contributed by atoms with E-state index in [0.717, 1.165) is 65.0 Å². The zero-order chi connectivity index (χ0) is 44.6. The summed E-state index contributed by atoms with van der Waals surface area (Å²) in [7, 11) is 0. The maximum Gasteiger partial charge on any atom is 2.00 e. The summed E-state index contributed by atoms with van der Waals surface area (Å²) in [5.74, 6) is -5.77. The molecule has 0 aromatic heterocycles. The molecule has 0 aromatic rings. The van der Waals surface area contributed by atoms with E-state index >= 15 is 0 Å². The van der Waals surface area contributed by atoms with E-state index in [0.29, 0.717) is 25.0 Å². The molecule has 0 spiro atoms. The molecule has 352 valence electrons. The van der Waals surface area contributed by atoms with E-state index < -0.39 is 23.9 Å². The van der Waals surface area contributed by atoms with Gasteiger partial charge < -0.3 is 49.1 Å². The van der Waals surface area contributed by atoms with Crippen LogP contribution in [0.2, 0.25) is 0 Å². The van der Waals surface area contributed by atoms with Crippen molar-refractivity contribution >= 4 is 70.0 Å². The molecule has 0 aliphatic heterocycles. The Morgan fingerprint density at radius 3 is 0.710 bits per heavy atom. The van der Waals surface area contributed by atoms with E-state index in [9.17, 15) is 39.6 Å². The van der Waals surface area contributed by atoms with Crippen LogP contribution in [0.25, 0.3) is 0 Å². The molecule has 0 saturated heterocycles. The van der Waals surface area contributed by atoms with Crippen LogP contribution in [0.15, 0.2) is 23.3 Å². The summed E-state index contributed by atoms with van der Waals surface area (Å²) in [6.45, 7) is 8.09. The van der Waals surface area contributed by atoms with Gasteiger partial charge in [-0.3, -0.25) is 0 Å². The van der Waals surface area contributed by atoms with E-state index in [1.807, 2.05) is 0 Å². The molecule has 0 heterocycles. The molecule has 0 aromatic carbocycles. The molecular formula is C50H88Mg2O10. The molecule has 10 nitrogen and oxygen atoms in total. The number of carbonyl (C=O) groups excluding carboxylic acids is 4. The average Bonchev–Trinajstić information content (AvgIpc) is 3.21. The third-order valence-corrected chi connectivity index (χ3v) is 10.9. The van der Waals surface area contributed by atoms with Crippen LogP contribution in [-0.2, 0) is 28.7 Å². The SMILES string of the molecule is CCCCOCCCCCCCCCCCCCCCCC/C(=C/C(=O)[O-])C(=O)[O-].CCCCOCCCCCCCCCCCCCCCCC/C(=C/C(=O)[O-])C(=O)[O-].[Mg+2].[Mg+2]. The molecule has 0 fully saturated rings. The Labute approximate surface area is 411 Å². The maximum atomic E-state index is 10.8. The van der Waals surface area contributed by atoms with Crippen LogP contribution < -0.4 is 20.4 Å². The number of carboxylic acid groups (broad SMARTS) is 4. The number of ether oxygens (including phenoxy) is 2. The molecule has 0 aliphatic carbocycles. The third-order valence-electron chi connectivity index (χ3n) is 10.9. The number of hydrogen-bond acceptors (Lipinski definition) is 10. The second kappa shape index (κ2) is 55.9. The fourth-order valence-corrected chi connectivity index (χ4v) is 7.08. The van der Waals surface area contributed by atoms with Crippen molar-refractivity contribution in [1.82, 2.24) is 0 Å². The van der Waals surface area contributed by atoms with Crippen molar-refractivity contribution < 1.29 is 49.1 Å². The van der Waals surface area contributed by atoms with Crippen LogP contribution in [0.4, 0.5) is 0 Å². The van der Waals surface area contributed by atoms with Gasteiger partial charge in [0, 0.05) is 26.4 Å². The van der Waals surface area contributed by atoms with Crippen LogP contribution in [0.3, 0.4) is 0 Å². The summed E-state index contributed by atoms with van der Waals surface area (Å²) >= 11 is 0. The van der Waals surface area contributed by atoms with Gasteiger partial charge in [0.2, 0.25) is 0 Å². The van der Waals surface area contributed by atoms with Crippen molar-refractivity contribution in [2.24, 2.45) is 0 Å². The normalized spacial score (nSPS) is 11.3. The number of rotatable bonds is 46. The van der Waals surface area contributed by atoms with Crippen LogP contribution >= 0.6 is 0 Å². The Bertz CT molecular complexity index is 984. The van der Waals surface area contributed by atoms with E-state index in [4.69, 9.17) is 9.47 Å². The van der Waals surface area contributed by atoms with Gasteiger partial charge in [0.05, 0.1) is 23.9 Å². The van der Waals surface area contributed by atoms with Gasteiger partial charge in [-0.1, -0.05) is 194 Å². The predicted molar refractivity (Wildman–Crippen MR) is 247 cm³/mol. The molecule has 0 N–H and O–H groups in total. The largest absolute Gasteiger partial charge is 2.00 e. The van der Waals surface area contributed by atoms with Crippen LogP contribution in [0, 0.1) is 0 Å². The molecule has 0 radical (unpaired) electrons. The molecule has 0 atom stereocenters. The number of carboxylic acids is 4. The minimum Gasteiger partial charge on any atom is -0.545 e. The van der Waals surface area contributed by atoms with Gasteiger partial charge in [-0.2, -0.15) is 0 Å². The molecule has 62 heavy (non-hydrogen) atoms. The van der Waals surface area contributed by atoms with E-state index in [-0.39, 0.29) is 70.1 Å². The summed E-state index contributed by atoms with van der Waals surface area (Å²) in [6.07, 6.45) is 42.9. The minimum absolute atomic E-state index is 0.